The Kier molecular flexibility index (Phi) is 7.27. The van der Waals surface area contributed by atoms with E-state index in [0.29, 0.717) is 37.3 Å². The monoisotopic (exact) mass is 546 g/mol. The van der Waals surface area contributed by atoms with Crippen molar-refractivity contribution in [1.82, 2.24) is 9.80 Å². The predicted octanol–water partition coefficient (Wildman–Crippen LogP) is 3.59. The van der Waals surface area contributed by atoms with Gasteiger partial charge in [0.2, 0.25) is 11.7 Å². The molecular weight excluding hydrogens is 516 g/mol. The number of nitrogens with zero attached hydrogens (tertiary/aromatic N) is 2. The normalized spacial score (nSPS) is 14.8. The number of hydrogen-bond donors (Lipinski definition) is 4. The molecule has 0 aliphatic carbocycles. The van der Waals surface area contributed by atoms with Crippen molar-refractivity contribution in [2.45, 2.75) is 12.3 Å². The lowest BCUT2D eigenvalue weighted by Crippen LogP contribution is -2.47. The summed E-state index contributed by atoms with van der Waals surface area (Å²) in [5.74, 6) is -3.50. The van der Waals surface area contributed by atoms with Crippen molar-refractivity contribution in [3.05, 3.63) is 75.9 Å². The van der Waals surface area contributed by atoms with Gasteiger partial charge in [0, 0.05) is 55.7 Å². The summed E-state index contributed by atoms with van der Waals surface area (Å²) in [5.41, 5.74) is 0.0932. The summed E-state index contributed by atoms with van der Waals surface area (Å²) in [6.45, 7) is 2.42. The van der Waals surface area contributed by atoms with Crippen LogP contribution in [0.1, 0.15) is 23.5 Å². The van der Waals surface area contributed by atoms with Crippen molar-refractivity contribution in [3.8, 4) is 40.1 Å². The van der Waals surface area contributed by atoms with Crippen molar-refractivity contribution in [1.29, 1.82) is 0 Å². The number of fused-ring (bicyclic) bond motifs is 1. The van der Waals surface area contributed by atoms with Crippen LogP contribution < -0.4 is 10.2 Å². The van der Waals surface area contributed by atoms with Gasteiger partial charge >= 0.3 is 0 Å². The Hall–Kier alpha value is -4.70. The number of rotatable bonds is 6. The van der Waals surface area contributed by atoms with Crippen LogP contribution in [-0.2, 0) is 4.79 Å². The molecule has 1 unspecified atom stereocenters. The molecule has 1 fully saturated rings. The number of carbonyl (C=O) groups excluding carboxylic acids is 1. The molecule has 10 nitrogen and oxygen atoms in total. The molecule has 40 heavy (non-hydrogen) atoms. The summed E-state index contributed by atoms with van der Waals surface area (Å²) >= 11 is 0. The summed E-state index contributed by atoms with van der Waals surface area (Å²) < 4.78 is 11.3. The minimum atomic E-state index is -0.980. The number of methoxy groups -OCH3 is 1. The fraction of sp³-hybridized carbons (Fsp3) is 0.267. The Morgan fingerprint density at radius 1 is 0.950 bits per heavy atom. The summed E-state index contributed by atoms with van der Waals surface area (Å²) in [4.78, 5) is 30.6. The van der Waals surface area contributed by atoms with Crippen molar-refractivity contribution in [2.24, 2.45) is 0 Å². The van der Waals surface area contributed by atoms with Crippen molar-refractivity contribution in [3.63, 3.8) is 0 Å². The molecule has 0 radical (unpaired) electrons. The average molecular weight is 547 g/mol. The van der Waals surface area contributed by atoms with Gasteiger partial charge in [0.25, 0.3) is 0 Å². The first-order valence-corrected chi connectivity index (χ1v) is 12.8. The zero-order valence-electron chi connectivity index (χ0n) is 22.1. The molecule has 1 aromatic heterocycles. The first kappa shape index (κ1) is 26.9. The van der Waals surface area contributed by atoms with E-state index in [9.17, 15) is 30.0 Å². The number of hydrogen-bond acceptors (Lipinski definition) is 9. The van der Waals surface area contributed by atoms with Crippen LogP contribution in [0.3, 0.4) is 0 Å². The van der Waals surface area contributed by atoms with Gasteiger partial charge in [-0.3, -0.25) is 9.59 Å². The molecule has 1 saturated heterocycles. The van der Waals surface area contributed by atoms with E-state index in [-0.39, 0.29) is 46.1 Å². The van der Waals surface area contributed by atoms with E-state index in [1.54, 1.807) is 41.3 Å². The van der Waals surface area contributed by atoms with Gasteiger partial charge in [-0.05, 0) is 24.7 Å². The van der Waals surface area contributed by atoms with Crippen LogP contribution in [0.15, 0.2) is 63.8 Å². The zero-order chi connectivity index (χ0) is 28.6. The summed E-state index contributed by atoms with van der Waals surface area (Å²) in [7, 11) is 3.38. The van der Waals surface area contributed by atoms with Gasteiger partial charge in [-0.15, -0.1) is 0 Å². The van der Waals surface area contributed by atoms with Crippen LogP contribution in [-0.4, -0.2) is 76.5 Å². The number of aromatic hydroxyl groups is 4. The largest absolute Gasteiger partial charge is 0.504 e. The summed E-state index contributed by atoms with van der Waals surface area (Å²) in [6, 6.07) is 14.5. The lowest BCUT2D eigenvalue weighted by molar-refractivity contribution is -0.133. The smallest absolute Gasteiger partial charge is 0.223 e. The second-order valence-corrected chi connectivity index (χ2v) is 9.88. The molecule has 4 N–H and O–H groups in total. The Balaban J connectivity index is 1.74. The van der Waals surface area contributed by atoms with Gasteiger partial charge in [0.05, 0.1) is 7.11 Å². The number of phenols is 4. The minimum absolute atomic E-state index is 0.0628. The molecule has 2 heterocycles. The van der Waals surface area contributed by atoms with Crippen molar-refractivity contribution < 1.29 is 34.4 Å². The van der Waals surface area contributed by atoms with Crippen molar-refractivity contribution in [2.75, 3.05) is 40.3 Å². The van der Waals surface area contributed by atoms with Gasteiger partial charge in [0.1, 0.15) is 16.7 Å². The van der Waals surface area contributed by atoms with Gasteiger partial charge in [-0.25, -0.2) is 0 Å². The molecule has 4 aromatic rings. The second kappa shape index (κ2) is 10.8. The molecule has 1 aliphatic rings. The highest BCUT2D eigenvalue weighted by Crippen LogP contribution is 2.50. The van der Waals surface area contributed by atoms with Crippen LogP contribution in [0.2, 0.25) is 0 Å². The zero-order valence-corrected chi connectivity index (χ0v) is 22.1. The molecule has 208 valence electrons. The van der Waals surface area contributed by atoms with E-state index >= 15 is 0 Å². The number of carbonyl (C=O) groups is 1. The number of phenolic OH excluding ortho intramolecular Hbond substituents is 4. The second-order valence-electron chi connectivity index (χ2n) is 9.88. The molecular formula is C30H30N2O8. The molecule has 1 aliphatic heterocycles. The lowest BCUT2D eigenvalue weighted by Gasteiger charge is -2.33. The molecule has 0 saturated carbocycles. The highest BCUT2D eigenvalue weighted by atomic mass is 16.5. The maximum absolute atomic E-state index is 13.6. The molecule has 10 heteroatoms. The summed E-state index contributed by atoms with van der Waals surface area (Å²) in [5, 5.41) is 42.8. The number of ether oxygens (including phenoxy) is 1. The number of amides is 1. The molecule has 1 amide bonds. The number of likely N-dealkylation sites (N-methyl/N-ethyl adjacent to an activating group) is 1. The van der Waals surface area contributed by atoms with Crippen LogP contribution in [0.5, 0.6) is 28.7 Å². The highest BCUT2D eigenvalue weighted by Gasteiger charge is 2.33. The van der Waals surface area contributed by atoms with Crippen LogP contribution in [0.25, 0.3) is 22.3 Å². The fourth-order valence-corrected chi connectivity index (χ4v) is 5.11. The standard InChI is InChI=1S/C30H30N2O8/c1-31-10-12-32(13-11-31)24(35)15-19(18-8-9-22(39-2)20(33)14-18)25-27(36)29(38)28(37)26-21(34)16-23(40-30(25)26)17-6-4-3-5-7-17/h3-9,14,16,19,33,36-38H,10-13,15H2,1-2H3. The first-order chi connectivity index (χ1) is 19.2. The Morgan fingerprint density at radius 3 is 2.30 bits per heavy atom. The number of benzene rings is 3. The van der Waals surface area contributed by atoms with E-state index in [1.807, 2.05) is 7.05 Å². The van der Waals surface area contributed by atoms with Gasteiger partial charge in [-0.1, -0.05) is 36.4 Å². The Bertz CT molecular complexity index is 1630. The first-order valence-electron chi connectivity index (χ1n) is 12.8. The molecule has 0 bridgehead atoms. The maximum atomic E-state index is 13.6. The van der Waals surface area contributed by atoms with Gasteiger partial charge < -0.3 is 39.4 Å². The van der Waals surface area contributed by atoms with E-state index in [0.717, 1.165) is 0 Å². The van der Waals surface area contributed by atoms with Crippen LogP contribution in [0, 0.1) is 0 Å². The third-order valence-corrected chi connectivity index (χ3v) is 7.38. The molecule has 5 rings (SSSR count). The average Bonchev–Trinajstić information content (AvgIpc) is 2.95. The molecule has 3 aromatic carbocycles. The summed E-state index contributed by atoms with van der Waals surface area (Å²) in [6.07, 6.45) is -0.179. The maximum Gasteiger partial charge on any atom is 0.223 e. The predicted molar refractivity (Wildman–Crippen MR) is 148 cm³/mol. The van der Waals surface area contributed by atoms with Gasteiger partial charge in [0.15, 0.2) is 28.4 Å². The topological polar surface area (TPSA) is 144 Å². The van der Waals surface area contributed by atoms with E-state index in [4.69, 9.17) is 9.15 Å². The van der Waals surface area contributed by atoms with Crippen LogP contribution >= 0.6 is 0 Å². The van der Waals surface area contributed by atoms with E-state index < -0.39 is 28.6 Å². The van der Waals surface area contributed by atoms with Crippen LogP contribution in [0.4, 0.5) is 0 Å². The SMILES string of the molecule is COc1ccc(C(CC(=O)N2CCN(C)CC2)c2c(O)c(O)c(O)c3c(=O)cc(-c4ccccc4)oc23)cc1O. The minimum Gasteiger partial charge on any atom is -0.504 e. The van der Waals surface area contributed by atoms with Gasteiger partial charge in [-0.2, -0.15) is 0 Å². The molecule has 1 atom stereocenters. The Morgan fingerprint density at radius 2 is 1.65 bits per heavy atom. The number of piperazine rings is 1. The highest BCUT2D eigenvalue weighted by molar-refractivity contribution is 5.94. The Labute approximate surface area is 229 Å². The molecule has 0 spiro atoms. The van der Waals surface area contributed by atoms with E-state index in [1.165, 1.54) is 25.3 Å². The lowest BCUT2D eigenvalue weighted by atomic mass is 9.85. The third-order valence-electron chi connectivity index (χ3n) is 7.38. The van der Waals surface area contributed by atoms with E-state index in [2.05, 4.69) is 4.90 Å². The van der Waals surface area contributed by atoms with Crippen molar-refractivity contribution >= 4 is 16.9 Å². The quantitative estimate of drug-likeness (QED) is 0.267. The third kappa shape index (κ3) is 4.89. The fourth-order valence-electron chi connectivity index (χ4n) is 5.11.